The molecule has 0 fully saturated rings. The van der Waals surface area contributed by atoms with E-state index in [4.69, 9.17) is 5.11 Å². The second-order valence-corrected chi connectivity index (χ2v) is 4.25. The van der Waals surface area contributed by atoms with Gasteiger partial charge in [0.2, 0.25) is 6.41 Å². The maximum Gasteiger partial charge on any atom is 0.303 e. The number of carbonyl (C=O) groups is 2. The van der Waals surface area contributed by atoms with Gasteiger partial charge in [0.1, 0.15) is 5.75 Å². The van der Waals surface area contributed by atoms with Gasteiger partial charge in [0.15, 0.2) is 0 Å². The van der Waals surface area contributed by atoms with Crippen LogP contribution in [0.3, 0.4) is 0 Å². The molecule has 0 heterocycles. The van der Waals surface area contributed by atoms with Crippen LogP contribution in [0.4, 0.5) is 0 Å². The molecule has 0 aliphatic heterocycles. The molecule has 5 nitrogen and oxygen atoms in total. The largest absolute Gasteiger partial charge is 0.508 e. The maximum atomic E-state index is 10.5. The summed E-state index contributed by atoms with van der Waals surface area (Å²) >= 11 is 0. The van der Waals surface area contributed by atoms with E-state index in [1.807, 2.05) is 13.0 Å². The van der Waals surface area contributed by atoms with E-state index in [2.05, 4.69) is 5.32 Å². The van der Waals surface area contributed by atoms with Gasteiger partial charge in [-0.05, 0) is 31.4 Å². The highest BCUT2D eigenvalue weighted by Gasteiger charge is 2.13. The van der Waals surface area contributed by atoms with Crippen molar-refractivity contribution in [3.63, 3.8) is 0 Å². The Morgan fingerprint density at radius 1 is 1.50 bits per heavy atom. The zero-order chi connectivity index (χ0) is 13.5. The van der Waals surface area contributed by atoms with E-state index in [0.717, 1.165) is 5.56 Å². The molecule has 18 heavy (non-hydrogen) atoms. The molecule has 0 aromatic heterocycles. The monoisotopic (exact) mass is 251 g/mol. The number of benzene rings is 1. The number of hydrogen-bond acceptors (Lipinski definition) is 3. The predicted octanol–water partition coefficient (Wildman–Crippen LogP) is 1.22. The van der Waals surface area contributed by atoms with E-state index in [0.29, 0.717) is 24.8 Å². The fraction of sp³-hybridized carbons (Fsp3) is 0.385. The third kappa shape index (κ3) is 4.45. The summed E-state index contributed by atoms with van der Waals surface area (Å²) < 4.78 is 0. The summed E-state index contributed by atoms with van der Waals surface area (Å²) in [6, 6.07) is 4.93. The number of aliphatic carboxylic acids is 1. The molecule has 1 aromatic carbocycles. The van der Waals surface area contributed by atoms with Crippen molar-refractivity contribution in [3.8, 4) is 5.75 Å². The highest BCUT2D eigenvalue weighted by atomic mass is 16.4. The van der Waals surface area contributed by atoms with Crippen LogP contribution < -0.4 is 5.32 Å². The van der Waals surface area contributed by atoms with Crippen LogP contribution in [0.25, 0.3) is 0 Å². The molecule has 1 amide bonds. The highest BCUT2D eigenvalue weighted by molar-refractivity contribution is 5.66. The number of carboxylic acids is 1. The van der Waals surface area contributed by atoms with Crippen molar-refractivity contribution in [3.05, 3.63) is 29.3 Å². The Labute approximate surface area is 105 Å². The molecule has 98 valence electrons. The predicted molar refractivity (Wildman–Crippen MR) is 66.4 cm³/mol. The Bertz CT molecular complexity index is 431. The van der Waals surface area contributed by atoms with Crippen molar-refractivity contribution in [2.24, 2.45) is 0 Å². The molecule has 0 spiro atoms. The smallest absolute Gasteiger partial charge is 0.303 e. The van der Waals surface area contributed by atoms with Gasteiger partial charge in [0.25, 0.3) is 0 Å². The van der Waals surface area contributed by atoms with Gasteiger partial charge in [-0.25, -0.2) is 0 Å². The number of amides is 1. The fourth-order valence-corrected chi connectivity index (χ4v) is 1.78. The molecule has 0 saturated carbocycles. The van der Waals surface area contributed by atoms with E-state index in [1.54, 1.807) is 12.1 Å². The zero-order valence-electron chi connectivity index (χ0n) is 10.2. The van der Waals surface area contributed by atoms with Crippen LogP contribution in [0, 0.1) is 6.92 Å². The molecule has 1 atom stereocenters. The normalized spacial score (nSPS) is 11.8. The Morgan fingerprint density at radius 3 is 2.83 bits per heavy atom. The standard InChI is InChI=1S/C13H17NO4/c1-9-2-4-12(16)10(6-9)7-11(14-8-15)3-5-13(17)18/h2,4,6,8,11,16H,3,5,7H2,1H3,(H,14,15)(H,17,18). The molecule has 0 saturated heterocycles. The molecule has 1 rings (SSSR count). The summed E-state index contributed by atoms with van der Waals surface area (Å²) in [5, 5.41) is 20.9. The van der Waals surface area contributed by atoms with Gasteiger partial charge < -0.3 is 15.5 Å². The van der Waals surface area contributed by atoms with Crippen molar-refractivity contribution in [1.29, 1.82) is 0 Å². The lowest BCUT2D eigenvalue weighted by Crippen LogP contribution is -2.30. The summed E-state index contributed by atoms with van der Waals surface area (Å²) in [6.07, 6.45) is 1.29. The highest BCUT2D eigenvalue weighted by Crippen LogP contribution is 2.20. The van der Waals surface area contributed by atoms with Gasteiger partial charge in [0, 0.05) is 12.5 Å². The van der Waals surface area contributed by atoms with Gasteiger partial charge in [0.05, 0.1) is 0 Å². The van der Waals surface area contributed by atoms with Crippen LogP contribution in [0.1, 0.15) is 24.0 Å². The average molecular weight is 251 g/mol. The number of phenolic OH excluding ortho intramolecular Hbond substituents is 1. The quantitative estimate of drug-likeness (QED) is 0.636. The molecular formula is C13H17NO4. The topological polar surface area (TPSA) is 86.6 Å². The van der Waals surface area contributed by atoms with Crippen molar-refractivity contribution < 1.29 is 19.8 Å². The lowest BCUT2D eigenvalue weighted by Gasteiger charge is -2.16. The first-order valence-corrected chi connectivity index (χ1v) is 5.73. The fourth-order valence-electron chi connectivity index (χ4n) is 1.78. The van der Waals surface area contributed by atoms with Crippen LogP contribution in [0.15, 0.2) is 18.2 Å². The van der Waals surface area contributed by atoms with Crippen LogP contribution >= 0.6 is 0 Å². The van der Waals surface area contributed by atoms with Gasteiger partial charge >= 0.3 is 5.97 Å². The number of aromatic hydroxyl groups is 1. The molecule has 1 unspecified atom stereocenters. The number of carboxylic acid groups (broad SMARTS) is 1. The van der Waals surface area contributed by atoms with Gasteiger partial charge in [-0.3, -0.25) is 9.59 Å². The first-order chi connectivity index (χ1) is 8.52. The van der Waals surface area contributed by atoms with Crippen LogP contribution in [0.2, 0.25) is 0 Å². The molecule has 0 aliphatic rings. The van der Waals surface area contributed by atoms with Crippen molar-refractivity contribution >= 4 is 12.4 Å². The number of rotatable bonds is 7. The number of aryl methyl sites for hydroxylation is 1. The van der Waals surface area contributed by atoms with E-state index in [1.165, 1.54) is 0 Å². The second kappa shape index (κ2) is 6.64. The van der Waals surface area contributed by atoms with Crippen LogP contribution in [-0.4, -0.2) is 28.6 Å². The van der Waals surface area contributed by atoms with Crippen LogP contribution in [0.5, 0.6) is 5.75 Å². The number of phenols is 1. The van der Waals surface area contributed by atoms with E-state index in [-0.39, 0.29) is 18.2 Å². The van der Waals surface area contributed by atoms with Gasteiger partial charge in [-0.1, -0.05) is 17.7 Å². The van der Waals surface area contributed by atoms with E-state index in [9.17, 15) is 14.7 Å². The summed E-state index contributed by atoms with van der Waals surface area (Å²) in [7, 11) is 0. The number of hydrogen-bond donors (Lipinski definition) is 3. The first-order valence-electron chi connectivity index (χ1n) is 5.73. The van der Waals surface area contributed by atoms with Gasteiger partial charge in [-0.15, -0.1) is 0 Å². The van der Waals surface area contributed by atoms with Crippen molar-refractivity contribution in [1.82, 2.24) is 5.32 Å². The first kappa shape index (κ1) is 14.0. The molecule has 0 bridgehead atoms. The maximum absolute atomic E-state index is 10.5. The van der Waals surface area contributed by atoms with Gasteiger partial charge in [-0.2, -0.15) is 0 Å². The minimum Gasteiger partial charge on any atom is -0.508 e. The number of carbonyl (C=O) groups excluding carboxylic acids is 1. The number of nitrogens with one attached hydrogen (secondary N) is 1. The Morgan fingerprint density at radius 2 is 2.22 bits per heavy atom. The zero-order valence-corrected chi connectivity index (χ0v) is 10.2. The van der Waals surface area contributed by atoms with E-state index >= 15 is 0 Å². The molecule has 5 heteroatoms. The van der Waals surface area contributed by atoms with Crippen LogP contribution in [-0.2, 0) is 16.0 Å². The minimum absolute atomic E-state index is 0.0158. The molecule has 1 aromatic rings. The second-order valence-electron chi connectivity index (χ2n) is 4.25. The third-order valence-electron chi connectivity index (χ3n) is 2.71. The molecule has 3 N–H and O–H groups in total. The lowest BCUT2D eigenvalue weighted by molar-refractivity contribution is -0.137. The van der Waals surface area contributed by atoms with Crippen molar-refractivity contribution in [2.45, 2.75) is 32.2 Å². The Kier molecular flexibility index (Phi) is 5.17. The summed E-state index contributed by atoms with van der Waals surface area (Å²) in [5.74, 6) is -0.741. The molecule has 0 aliphatic carbocycles. The molecule has 0 radical (unpaired) electrons. The van der Waals surface area contributed by atoms with Crippen molar-refractivity contribution in [2.75, 3.05) is 0 Å². The minimum atomic E-state index is -0.902. The summed E-state index contributed by atoms with van der Waals surface area (Å²) in [5.41, 5.74) is 1.71. The van der Waals surface area contributed by atoms with E-state index < -0.39 is 5.97 Å². The Hall–Kier alpha value is -2.04. The Balaban J connectivity index is 2.72. The third-order valence-corrected chi connectivity index (χ3v) is 2.71. The molecular weight excluding hydrogens is 234 g/mol. The summed E-state index contributed by atoms with van der Waals surface area (Å²) in [4.78, 5) is 21.0. The average Bonchev–Trinajstić information content (AvgIpc) is 2.31. The lowest BCUT2D eigenvalue weighted by atomic mass is 9.99. The summed E-state index contributed by atoms with van der Waals surface area (Å²) in [6.45, 7) is 1.91. The SMILES string of the molecule is Cc1ccc(O)c(CC(CCC(=O)O)NC=O)c1.